The topological polar surface area (TPSA) is 122 Å². The number of amides is 2. The van der Waals surface area contributed by atoms with Crippen molar-refractivity contribution in [2.24, 2.45) is 5.16 Å². The molecule has 3 rings (SSSR count). The van der Waals surface area contributed by atoms with E-state index >= 15 is 0 Å². The molecule has 1 atom stereocenters. The lowest BCUT2D eigenvalue weighted by Crippen LogP contribution is -2.33. The van der Waals surface area contributed by atoms with E-state index in [2.05, 4.69) is 20.8 Å². The molecule has 0 aliphatic carbocycles. The summed E-state index contributed by atoms with van der Waals surface area (Å²) in [5.41, 5.74) is 0.681. The normalized spacial score (nSPS) is 16.9. The number of rotatable bonds is 5. The predicted octanol–water partition coefficient (Wildman–Crippen LogP) is 0.676. The number of nitrogens with one attached hydrogen (secondary N) is 1. The Morgan fingerprint density at radius 3 is 3.08 bits per heavy atom. The van der Waals surface area contributed by atoms with E-state index in [0.29, 0.717) is 5.69 Å². The minimum absolute atomic E-state index is 0.112. The van der Waals surface area contributed by atoms with Crippen LogP contribution >= 0.6 is 0 Å². The largest absolute Gasteiger partial charge is 0.442 e. The molecule has 0 bridgehead atoms. The highest BCUT2D eigenvalue weighted by molar-refractivity contribution is 5.90. The average Bonchev–Trinajstić information content (AvgIpc) is 3.20. The summed E-state index contributed by atoms with van der Waals surface area (Å²) < 4.78 is 20.8. The van der Waals surface area contributed by atoms with Crippen molar-refractivity contribution in [2.45, 2.75) is 13.0 Å². The molecule has 1 aliphatic heterocycles. The maximum Gasteiger partial charge on any atom is 0.414 e. The molecule has 2 N–H and O–H groups in total. The first-order valence-electron chi connectivity index (χ1n) is 7.60. The molecule has 0 spiro atoms. The second kappa shape index (κ2) is 7.17. The third-order valence-electron chi connectivity index (χ3n) is 3.64. The van der Waals surface area contributed by atoms with E-state index in [0.717, 1.165) is 6.21 Å². The second-order valence-electron chi connectivity index (χ2n) is 5.52. The van der Waals surface area contributed by atoms with Crippen LogP contribution in [0.25, 0.3) is 5.69 Å². The summed E-state index contributed by atoms with van der Waals surface area (Å²) in [6.45, 7) is 1.75. The fraction of sp³-hybridized carbons (Fsp3) is 0.267. The second-order valence-corrected chi connectivity index (χ2v) is 5.52. The van der Waals surface area contributed by atoms with Crippen LogP contribution in [-0.4, -0.2) is 57.6 Å². The van der Waals surface area contributed by atoms with Gasteiger partial charge in [-0.15, -0.1) is 5.10 Å². The lowest BCUT2D eigenvalue weighted by Gasteiger charge is -2.14. The number of hydrogen-bond donors (Lipinski definition) is 2. The van der Waals surface area contributed by atoms with Crippen LogP contribution in [0.2, 0.25) is 0 Å². The Labute approximate surface area is 146 Å². The zero-order valence-corrected chi connectivity index (χ0v) is 13.7. The predicted molar refractivity (Wildman–Crippen MR) is 87.0 cm³/mol. The van der Waals surface area contributed by atoms with Gasteiger partial charge in [-0.1, -0.05) is 10.4 Å². The fourth-order valence-corrected chi connectivity index (χ4v) is 2.46. The van der Waals surface area contributed by atoms with Gasteiger partial charge in [0, 0.05) is 6.92 Å². The molecule has 1 fully saturated rings. The van der Waals surface area contributed by atoms with Crippen molar-refractivity contribution in [3.63, 3.8) is 0 Å². The quantitative estimate of drug-likeness (QED) is 0.458. The zero-order chi connectivity index (χ0) is 18.7. The van der Waals surface area contributed by atoms with Gasteiger partial charge in [-0.25, -0.2) is 13.9 Å². The van der Waals surface area contributed by atoms with Crippen LogP contribution in [0.4, 0.5) is 14.9 Å². The van der Waals surface area contributed by atoms with Gasteiger partial charge >= 0.3 is 6.09 Å². The van der Waals surface area contributed by atoms with E-state index in [9.17, 15) is 14.0 Å². The number of cyclic esters (lactones) is 1. The molecule has 26 heavy (non-hydrogen) atoms. The standard InChI is InChI=1S/C15H15FN6O4/c1-9(23)17-6-12-8-21(15(24)26-12)11-2-3-14(13(16)4-11)22-7-10(5-18-25)19-20-22/h2-5,7,12,25H,6,8H2,1H3,(H,17,23)/t12-/m0/s1. The van der Waals surface area contributed by atoms with Crippen molar-refractivity contribution in [3.8, 4) is 5.69 Å². The van der Waals surface area contributed by atoms with Gasteiger partial charge in [-0.3, -0.25) is 9.69 Å². The van der Waals surface area contributed by atoms with Crippen LogP contribution in [0.3, 0.4) is 0 Å². The number of hydrogen-bond acceptors (Lipinski definition) is 7. The van der Waals surface area contributed by atoms with Crippen LogP contribution in [0.1, 0.15) is 12.6 Å². The lowest BCUT2D eigenvalue weighted by atomic mass is 10.2. The van der Waals surface area contributed by atoms with Gasteiger partial charge in [0.15, 0.2) is 5.82 Å². The summed E-state index contributed by atoms with van der Waals surface area (Å²) in [6.07, 6.45) is 1.32. The molecule has 0 unspecified atom stereocenters. The number of carbonyl (C=O) groups excluding carboxylic acids is 2. The SMILES string of the molecule is CC(=O)NC[C@H]1CN(c2ccc(-n3cc(C=NO)nn3)c(F)c2)C(=O)O1. The third kappa shape index (κ3) is 3.61. The molecule has 1 saturated heterocycles. The van der Waals surface area contributed by atoms with Gasteiger partial charge in [-0.2, -0.15) is 0 Å². The summed E-state index contributed by atoms with van der Waals surface area (Å²) in [6, 6.07) is 4.16. The monoisotopic (exact) mass is 362 g/mol. The van der Waals surface area contributed by atoms with E-state index in [1.54, 1.807) is 6.07 Å². The molecule has 10 nitrogen and oxygen atoms in total. The van der Waals surface area contributed by atoms with Gasteiger partial charge in [0.2, 0.25) is 5.91 Å². The number of benzene rings is 1. The molecule has 1 aliphatic rings. The molecule has 11 heteroatoms. The fourth-order valence-electron chi connectivity index (χ4n) is 2.46. The Hall–Kier alpha value is -3.50. The highest BCUT2D eigenvalue weighted by Gasteiger charge is 2.32. The van der Waals surface area contributed by atoms with Gasteiger partial charge in [-0.05, 0) is 18.2 Å². The first-order chi connectivity index (χ1) is 12.5. The molecule has 2 heterocycles. The first-order valence-corrected chi connectivity index (χ1v) is 7.60. The van der Waals surface area contributed by atoms with Gasteiger partial charge in [0.1, 0.15) is 17.5 Å². The molecule has 136 valence electrons. The third-order valence-corrected chi connectivity index (χ3v) is 3.64. The molecule has 0 saturated carbocycles. The maximum absolute atomic E-state index is 14.5. The number of aromatic nitrogens is 3. The summed E-state index contributed by atoms with van der Waals surface area (Å²) in [7, 11) is 0. The number of anilines is 1. The van der Waals surface area contributed by atoms with Crippen LogP contribution < -0.4 is 10.2 Å². The zero-order valence-electron chi connectivity index (χ0n) is 13.7. The van der Waals surface area contributed by atoms with Crippen LogP contribution in [-0.2, 0) is 9.53 Å². The number of halogens is 1. The number of ether oxygens (including phenoxy) is 1. The molecular weight excluding hydrogens is 347 g/mol. The van der Waals surface area contributed by atoms with E-state index in [1.807, 2.05) is 0 Å². The average molecular weight is 362 g/mol. The molecule has 2 aromatic rings. The van der Waals surface area contributed by atoms with Crippen molar-refractivity contribution >= 4 is 23.9 Å². The summed E-state index contributed by atoms with van der Waals surface area (Å²) in [4.78, 5) is 24.2. The van der Waals surface area contributed by atoms with Gasteiger partial charge in [0.05, 0.1) is 31.2 Å². The molecule has 0 radical (unpaired) electrons. The molecule has 1 aromatic carbocycles. The van der Waals surface area contributed by atoms with E-state index in [-0.39, 0.29) is 30.4 Å². The Bertz CT molecular complexity index is 868. The minimum Gasteiger partial charge on any atom is -0.442 e. The number of oxime groups is 1. The van der Waals surface area contributed by atoms with E-state index < -0.39 is 18.0 Å². The van der Waals surface area contributed by atoms with Crippen LogP contribution in [0.15, 0.2) is 29.6 Å². The number of nitrogens with zero attached hydrogens (tertiary/aromatic N) is 5. The summed E-state index contributed by atoms with van der Waals surface area (Å²) in [5, 5.41) is 21.3. The smallest absolute Gasteiger partial charge is 0.414 e. The number of carbonyl (C=O) groups is 2. The van der Waals surface area contributed by atoms with Crippen LogP contribution in [0.5, 0.6) is 0 Å². The summed E-state index contributed by atoms with van der Waals surface area (Å²) >= 11 is 0. The Balaban J connectivity index is 1.76. The summed E-state index contributed by atoms with van der Waals surface area (Å²) in [5.74, 6) is -0.855. The highest BCUT2D eigenvalue weighted by atomic mass is 19.1. The van der Waals surface area contributed by atoms with Gasteiger partial charge in [0.25, 0.3) is 0 Å². The van der Waals surface area contributed by atoms with Crippen LogP contribution in [0, 0.1) is 5.82 Å². The Morgan fingerprint density at radius 2 is 2.38 bits per heavy atom. The molecule has 1 aromatic heterocycles. The maximum atomic E-state index is 14.5. The minimum atomic E-state index is -0.627. The highest BCUT2D eigenvalue weighted by Crippen LogP contribution is 2.25. The Kier molecular flexibility index (Phi) is 4.78. The lowest BCUT2D eigenvalue weighted by molar-refractivity contribution is -0.119. The van der Waals surface area contributed by atoms with Gasteiger partial charge < -0.3 is 15.3 Å². The van der Waals surface area contributed by atoms with Crippen molar-refractivity contribution in [1.29, 1.82) is 0 Å². The van der Waals surface area contributed by atoms with Crippen molar-refractivity contribution in [2.75, 3.05) is 18.0 Å². The van der Waals surface area contributed by atoms with E-state index in [1.165, 1.54) is 34.8 Å². The van der Waals surface area contributed by atoms with Crippen molar-refractivity contribution in [3.05, 3.63) is 35.9 Å². The first kappa shape index (κ1) is 17.3. The molecule has 2 amide bonds. The van der Waals surface area contributed by atoms with Crippen molar-refractivity contribution < 1.29 is 23.9 Å². The Morgan fingerprint density at radius 1 is 1.58 bits per heavy atom. The molecular formula is C15H15FN6O4. The van der Waals surface area contributed by atoms with E-state index in [4.69, 9.17) is 9.94 Å². The van der Waals surface area contributed by atoms with Crippen molar-refractivity contribution in [1.82, 2.24) is 20.3 Å².